The first kappa shape index (κ1) is 15.7. The van der Waals surface area contributed by atoms with Crippen molar-refractivity contribution < 1.29 is 0 Å². The van der Waals surface area contributed by atoms with Gasteiger partial charge in [-0.2, -0.15) is 0 Å². The lowest BCUT2D eigenvalue weighted by Gasteiger charge is -2.23. The third-order valence-electron chi connectivity index (χ3n) is 3.35. The lowest BCUT2D eigenvalue weighted by Crippen LogP contribution is -2.31. The van der Waals surface area contributed by atoms with Gasteiger partial charge in [-0.15, -0.1) is 22.7 Å². The van der Waals surface area contributed by atoms with E-state index in [2.05, 4.69) is 62.8 Å². The van der Waals surface area contributed by atoms with Gasteiger partial charge in [-0.1, -0.05) is 40.7 Å². The second-order valence-electron chi connectivity index (χ2n) is 6.84. The molecule has 0 aromatic carbocycles. The standard InChI is InChI=1S/C16H24N2S2/c1-15(2,3)12-10-20-14(18-12)9-17-11-16(4,5)13-7-6-8-19-13/h6-8,10,17H,9,11H2,1-5H3. The lowest BCUT2D eigenvalue weighted by atomic mass is 9.91. The zero-order valence-electron chi connectivity index (χ0n) is 13.0. The van der Waals surface area contributed by atoms with Crippen molar-refractivity contribution in [2.45, 2.75) is 52.0 Å². The molecular weight excluding hydrogens is 284 g/mol. The van der Waals surface area contributed by atoms with Crippen molar-refractivity contribution in [2.24, 2.45) is 0 Å². The van der Waals surface area contributed by atoms with Crippen LogP contribution >= 0.6 is 22.7 Å². The van der Waals surface area contributed by atoms with E-state index in [1.165, 1.54) is 15.6 Å². The molecule has 2 aromatic rings. The van der Waals surface area contributed by atoms with Crippen molar-refractivity contribution in [3.05, 3.63) is 38.5 Å². The molecule has 0 spiro atoms. The number of thiazole rings is 1. The highest BCUT2D eigenvalue weighted by molar-refractivity contribution is 7.10. The Hall–Kier alpha value is -0.710. The molecule has 0 atom stereocenters. The Balaban J connectivity index is 1.89. The summed E-state index contributed by atoms with van der Waals surface area (Å²) in [6.45, 7) is 13.0. The van der Waals surface area contributed by atoms with E-state index in [4.69, 9.17) is 4.98 Å². The van der Waals surface area contributed by atoms with Crippen molar-refractivity contribution in [1.82, 2.24) is 10.3 Å². The molecule has 20 heavy (non-hydrogen) atoms. The van der Waals surface area contributed by atoms with Gasteiger partial charge < -0.3 is 5.32 Å². The second kappa shape index (κ2) is 5.96. The fourth-order valence-electron chi connectivity index (χ4n) is 1.97. The van der Waals surface area contributed by atoms with Crippen LogP contribution in [0.3, 0.4) is 0 Å². The number of nitrogens with zero attached hydrogens (tertiary/aromatic N) is 1. The number of hydrogen-bond donors (Lipinski definition) is 1. The molecule has 110 valence electrons. The Labute approximate surface area is 130 Å². The Morgan fingerprint density at radius 3 is 2.45 bits per heavy atom. The summed E-state index contributed by atoms with van der Waals surface area (Å²) in [6, 6.07) is 4.34. The maximum absolute atomic E-state index is 4.72. The molecule has 2 aromatic heterocycles. The van der Waals surface area contributed by atoms with Crippen molar-refractivity contribution >= 4 is 22.7 Å². The van der Waals surface area contributed by atoms with Crippen LogP contribution in [-0.4, -0.2) is 11.5 Å². The monoisotopic (exact) mass is 308 g/mol. The molecule has 0 amide bonds. The van der Waals surface area contributed by atoms with Crippen molar-refractivity contribution in [2.75, 3.05) is 6.54 Å². The fraction of sp³-hybridized carbons (Fsp3) is 0.562. The highest BCUT2D eigenvalue weighted by Gasteiger charge is 2.21. The Kier molecular flexibility index (Phi) is 4.67. The molecule has 2 nitrogen and oxygen atoms in total. The summed E-state index contributed by atoms with van der Waals surface area (Å²) in [6.07, 6.45) is 0. The van der Waals surface area contributed by atoms with E-state index in [1.54, 1.807) is 11.3 Å². The summed E-state index contributed by atoms with van der Waals surface area (Å²) in [7, 11) is 0. The first-order chi connectivity index (χ1) is 9.29. The summed E-state index contributed by atoms with van der Waals surface area (Å²) >= 11 is 3.58. The highest BCUT2D eigenvalue weighted by Crippen LogP contribution is 2.27. The Morgan fingerprint density at radius 1 is 1.15 bits per heavy atom. The molecule has 4 heteroatoms. The quantitative estimate of drug-likeness (QED) is 0.875. The summed E-state index contributed by atoms with van der Waals surface area (Å²) in [5.74, 6) is 0. The first-order valence-electron chi connectivity index (χ1n) is 6.99. The Bertz CT molecular complexity index is 533. The van der Waals surface area contributed by atoms with E-state index in [-0.39, 0.29) is 10.8 Å². The molecule has 0 saturated heterocycles. The van der Waals surface area contributed by atoms with Gasteiger partial charge in [-0.3, -0.25) is 0 Å². The minimum absolute atomic E-state index is 0.144. The fourth-order valence-corrected chi connectivity index (χ4v) is 3.81. The molecule has 0 unspecified atom stereocenters. The zero-order valence-corrected chi connectivity index (χ0v) is 14.6. The summed E-state index contributed by atoms with van der Waals surface area (Å²) in [5, 5.41) is 9.06. The molecule has 2 heterocycles. The van der Waals surface area contributed by atoms with Crippen LogP contribution in [0.15, 0.2) is 22.9 Å². The molecule has 1 N–H and O–H groups in total. The van der Waals surface area contributed by atoms with Crippen LogP contribution in [0.25, 0.3) is 0 Å². The molecular formula is C16H24N2S2. The predicted octanol–water partition coefficient (Wildman–Crippen LogP) is 4.57. The van der Waals surface area contributed by atoms with Crippen LogP contribution in [0, 0.1) is 0 Å². The molecule has 0 aliphatic rings. The first-order valence-corrected chi connectivity index (χ1v) is 8.74. The van der Waals surface area contributed by atoms with Gasteiger partial charge in [-0.05, 0) is 11.4 Å². The van der Waals surface area contributed by atoms with Gasteiger partial charge in [0.05, 0.1) is 5.69 Å². The molecule has 0 aliphatic heterocycles. The van der Waals surface area contributed by atoms with Gasteiger partial charge in [-0.25, -0.2) is 4.98 Å². The van der Waals surface area contributed by atoms with Crippen molar-refractivity contribution in [1.29, 1.82) is 0 Å². The maximum atomic E-state index is 4.72. The SMILES string of the molecule is CC(C)(C)c1csc(CNCC(C)(C)c2cccs2)n1. The smallest absolute Gasteiger partial charge is 0.107 e. The molecule has 0 aliphatic carbocycles. The van der Waals surface area contributed by atoms with Crippen molar-refractivity contribution in [3.63, 3.8) is 0 Å². The third-order valence-corrected chi connectivity index (χ3v) is 5.44. The van der Waals surface area contributed by atoms with E-state index in [0.717, 1.165) is 13.1 Å². The van der Waals surface area contributed by atoms with Crippen LogP contribution in [0.4, 0.5) is 0 Å². The van der Waals surface area contributed by atoms with Crippen LogP contribution in [0.2, 0.25) is 0 Å². The van der Waals surface area contributed by atoms with Gasteiger partial charge in [0.2, 0.25) is 0 Å². The van der Waals surface area contributed by atoms with Gasteiger partial charge in [0.1, 0.15) is 5.01 Å². The number of thiophene rings is 1. The van der Waals surface area contributed by atoms with Crippen molar-refractivity contribution in [3.8, 4) is 0 Å². The van der Waals surface area contributed by atoms with E-state index in [0.29, 0.717) is 0 Å². The predicted molar refractivity (Wildman–Crippen MR) is 89.9 cm³/mol. The zero-order chi connectivity index (χ0) is 14.8. The summed E-state index contributed by atoms with van der Waals surface area (Å²) in [4.78, 5) is 6.15. The Morgan fingerprint density at radius 2 is 1.90 bits per heavy atom. The molecule has 0 radical (unpaired) electrons. The molecule has 0 fully saturated rings. The van der Waals surface area contributed by atoms with Gasteiger partial charge in [0, 0.05) is 34.2 Å². The van der Waals surface area contributed by atoms with E-state index in [1.807, 2.05) is 11.3 Å². The molecule has 2 rings (SSSR count). The summed E-state index contributed by atoms with van der Waals surface area (Å²) < 4.78 is 0. The number of rotatable bonds is 5. The molecule has 0 saturated carbocycles. The number of nitrogens with one attached hydrogen (secondary N) is 1. The normalized spacial score (nSPS) is 12.8. The average molecular weight is 309 g/mol. The second-order valence-corrected chi connectivity index (χ2v) is 8.73. The van der Waals surface area contributed by atoms with Crippen LogP contribution < -0.4 is 5.32 Å². The van der Waals surface area contributed by atoms with E-state index >= 15 is 0 Å². The maximum Gasteiger partial charge on any atom is 0.107 e. The summed E-state index contributed by atoms with van der Waals surface area (Å²) in [5.41, 5.74) is 1.51. The topological polar surface area (TPSA) is 24.9 Å². The number of hydrogen-bond acceptors (Lipinski definition) is 4. The molecule has 0 bridgehead atoms. The lowest BCUT2D eigenvalue weighted by molar-refractivity contribution is 0.475. The van der Waals surface area contributed by atoms with Gasteiger partial charge in [0.15, 0.2) is 0 Å². The largest absolute Gasteiger partial charge is 0.310 e. The highest BCUT2D eigenvalue weighted by atomic mass is 32.1. The average Bonchev–Trinajstić information content (AvgIpc) is 2.99. The van der Waals surface area contributed by atoms with E-state index < -0.39 is 0 Å². The van der Waals surface area contributed by atoms with Gasteiger partial charge >= 0.3 is 0 Å². The van der Waals surface area contributed by atoms with Crippen LogP contribution in [0.1, 0.15) is 50.2 Å². The third kappa shape index (κ3) is 3.90. The van der Waals surface area contributed by atoms with Crippen LogP contribution in [0.5, 0.6) is 0 Å². The minimum atomic E-state index is 0.144. The minimum Gasteiger partial charge on any atom is -0.310 e. The van der Waals surface area contributed by atoms with E-state index in [9.17, 15) is 0 Å². The van der Waals surface area contributed by atoms with Gasteiger partial charge in [0.25, 0.3) is 0 Å². The van der Waals surface area contributed by atoms with Crippen LogP contribution in [-0.2, 0) is 17.4 Å². The number of aromatic nitrogens is 1.